The molecule has 1 N–H and O–H groups in total. The van der Waals surface area contributed by atoms with E-state index in [1.807, 2.05) is 60.7 Å². The Morgan fingerprint density at radius 1 is 0.793 bits per heavy atom. The molecule has 158 valence electrons. The van der Waals surface area contributed by atoms with Gasteiger partial charge in [-0.3, -0.25) is 9.00 Å². The van der Waals surface area contributed by atoms with Gasteiger partial charge in [-0.25, -0.2) is 0 Å². The maximum atomic E-state index is 13.1. The highest BCUT2D eigenvalue weighted by atomic mass is 32.2. The predicted octanol–water partition coefficient (Wildman–Crippen LogP) is 5.78. The molecular weight excluding hydrogens is 378 g/mol. The average molecular weight is 414 g/mol. The zero-order chi connectivity index (χ0) is 20.7. The number of unbranched alkanes of at least 4 members (excludes halogenated alkanes) is 7. The first-order valence-electron chi connectivity index (χ1n) is 11.0. The zero-order valence-electron chi connectivity index (χ0n) is 17.6. The minimum Gasteiger partial charge on any atom is -0.355 e. The lowest BCUT2D eigenvalue weighted by molar-refractivity contribution is -0.118. The van der Waals surface area contributed by atoms with E-state index in [2.05, 4.69) is 12.2 Å². The molecule has 0 radical (unpaired) electrons. The summed E-state index contributed by atoms with van der Waals surface area (Å²) < 4.78 is 13.1. The van der Waals surface area contributed by atoms with Crippen LogP contribution in [0.2, 0.25) is 0 Å². The van der Waals surface area contributed by atoms with Crippen LogP contribution in [0.1, 0.15) is 74.7 Å². The van der Waals surface area contributed by atoms with Gasteiger partial charge >= 0.3 is 0 Å². The van der Waals surface area contributed by atoms with Crippen LogP contribution < -0.4 is 5.32 Å². The van der Waals surface area contributed by atoms with Crippen molar-refractivity contribution in [1.82, 2.24) is 5.32 Å². The van der Waals surface area contributed by atoms with Crippen LogP contribution in [0.15, 0.2) is 60.7 Å². The summed E-state index contributed by atoms with van der Waals surface area (Å²) in [7, 11) is -1.32. The first-order valence-corrected chi connectivity index (χ1v) is 12.3. The molecule has 0 saturated heterocycles. The van der Waals surface area contributed by atoms with Crippen LogP contribution in [0.4, 0.5) is 0 Å². The van der Waals surface area contributed by atoms with Gasteiger partial charge in [0.2, 0.25) is 5.91 Å². The molecule has 3 nitrogen and oxygen atoms in total. The fraction of sp³-hybridized carbons (Fsp3) is 0.480. The average Bonchev–Trinajstić information content (AvgIpc) is 2.74. The number of carbonyl (C=O) groups excluding carboxylic acids is 1. The molecule has 2 aromatic carbocycles. The van der Waals surface area contributed by atoms with Gasteiger partial charge in [0, 0.05) is 17.3 Å². The Hall–Kier alpha value is -1.94. The Bertz CT molecular complexity index is 679. The van der Waals surface area contributed by atoms with Gasteiger partial charge in [0.05, 0.1) is 5.25 Å². The second kappa shape index (κ2) is 14.1. The van der Waals surface area contributed by atoms with Crippen molar-refractivity contribution in [2.45, 2.75) is 63.5 Å². The number of hydrogen-bond acceptors (Lipinski definition) is 2. The largest absolute Gasteiger partial charge is 0.355 e. The van der Waals surface area contributed by atoms with Crippen LogP contribution in [0.25, 0.3) is 0 Å². The van der Waals surface area contributed by atoms with E-state index in [4.69, 9.17) is 0 Å². The maximum Gasteiger partial charge on any atom is 0.232 e. The minimum atomic E-state index is -1.32. The van der Waals surface area contributed by atoms with Crippen molar-refractivity contribution in [3.05, 3.63) is 71.8 Å². The van der Waals surface area contributed by atoms with E-state index in [0.717, 1.165) is 24.0 Å². The first-order chi connectivity index (χ1) is 14.2. The van der Waals surface area contributed by atoms with Gasteiger partial charge in [0.25, 0.3) is 0 Å². The van der Waals surface area contributed by atoms with E-state index in [-0.39, 0.29) is 16.9 Å². The molecule has 1 atom stereocenters. The summed E-state index contributed by atoms with van der Waals surface area (Å²) >= 11 is 0. The highest BCUT2D eigenvalue weighted by Crippen LogP contribution is 2.28. The molecule has 0 saturated carbocycles. The molecule has 0 bridgehead atoms. The highest BCUT2D eigenvalue weighted by molar-refractivity contribution is 7.86. The number of amides is 1. The number of nitrogens with one attached hydrogen (secondary N) is 1. The molecule has 2 rings (SSSR count). The Kier molecular flexibility index (Phi) is 11.4. The lowest BCUT2D eigenvalue weighted by Crippen LogP contribution is -2.30. The lowest BCUT2D eigenvalue weighted by Gasteiger charge is -2.17. The topological polar surface area (TPSA) is 46.2 Å². The number of benzene rings is 2. The van der Waals surface area contributed by atoms with E-state index < -0.39 is 10.8 Å². The molecule has 0 heterocycles. The van der Waals surface area contributed by atoms with Gasteiger partial charge in [-0.15, -0.1) is 0 Å². The summed E-state index contributed by atoms with van der Waals surface area (Å²) in [6.45, 7) is 2.91. The SMILES string of the molecule is CCCCCCCCCCNC(=O)CS(=O)C(c1ccccc1)c1ccccc1. The molecule has 1 amide bonds. The summed E-state index contributed by atoms with van der Waals surface area (Å²) in [4.78, 5) is 12.3. The van der Waals surface area contributed by atoms with Crippen LogP contribution in [-0.4, -0.2) is 22.4 Å². The number of carbonyl (C=O) groups is 1. The molecule has 4 heteroatoms. The first kappa shape index (κ1) is 23.3. The van der Waals surface area contributed by atoms with E-state index in [0.29, 0.717) is 6.54 Å². The van der Waals surface area contributed by atoms with E-state index in [1.54, 1.807) is 0 Å². The fourth-order valence-electron chi connectivity index (χ4n) is 3.50. The summed E-state index contributed by atoms with van der Waals surface area (Å²) in [6, 6.07) is 19.6. The van der Waals surface area contributed by atoms with Crippen molar-refractivity contribution in [3.63, 3.8) is 0 Å². The van der Waals surface area contributed by atoms with E-state index >= 15 is 0 Å². The van der Waals surface area contributed by atoms with Crippen LogP contribution in [0, 0.1) is 0 Å². The molecule has 0 fully saturated rings. The van der Waals surface area contributed by atoms with Crippen LogP contribution in [0.5, 0.6) is 0 Å². The van der Waals surface area contributed by atoms with Crippen molar-refractivity contribution in [2.75, 3.05) is 12.3 Å². The third-order valence-electron chi connectivity index (χ3n) is 5.09. The highest BCUT2D eigenvalue weighted by Gasteiger charge is 2.23. The summed E-state index contributed by atoms with van der Waals surface area (Å²) in [5.41, 5.74) is 1.96. The second-order valence-corrected chi connectivity index (χ2v) is 9.07. The Morgan fingerprint density at radius 3 is 1.79 bits per heavy atom. The normalized spacial score (nSPS) is 12.1. The Labute approximate surface area is 178 Å². The predicted molar refractivity (Wildman–Crippen MR) is 123 cm³/mol. The molecule has 2 aromatic rings. The molecule has 0 aliphatic carbocycles. The smallest absolute Gasteiger partial charge is 0.232 e. The third-order valence-corrected chi connectivity index (χ3v) is 6.71. The van der Waals surface area contributed by atoms with Gasteiger partial charge in [-0.05, 0) is 17.5 Å². The molecular formula is C25H35NO2S. The minimum absolute atomic E-state index is 0.0332. The van der Waals surface area contributed by atoms with Gasteiger partial charge in [-0.2, -0.15) is 0 Å². The molecule has 1 unspecified atom stereocenters. The Balaban J connectivity index is 1.77. The van der Waals surface area contributed by atoms with Crippen molar-refractivity contribution >= 4 is 16.7 Å². The number of hydrogen-bond donors (Lipinski definition) is 1. The standard InChI is InChI=1S/C25H35NO2S/c1-2-3-4-5-6-7-8-15-20-26-24(27)21-29(28)25(22-16-11-9-12-17-22)23-18-13-10-14-19-23/h9-14,16-19,25H,2-8,15,20-21H2,1H3,(H,26,27). The van der Waals surface area contributed by atoms with Crippen LogP contribution >= 0.6 is 0 Å². The lowest BCUT2D eigenvalue weighted by atomic mass is 10.0. The molecule has 0 spiro atoms. The van der Waals surface area contributed by atoms with Crippen LogP contribution in [0.3, 0.4) is 0 Å². The molecule has 0 aromatic heterocycles. The summed E-state index contributed by atoms with van der Waals surface area (Å²) in [5.74, 6) is -0.0889. The van der Waals surface area contributed by atoms with E-state index in [9.17, 15) is 9.00 Å². The molecule has 0 aliphatic heterocycles. The molecule has 29 heavy (non-hydrogen) atoms. The maximum absolute atomic E-state index is 13.1. The van der Waals surface area contributed by atoms with Gasteiger partial charge in [0.15, 0.2) is 0 Å². The number of rotatable bonds is 14. The van der Waals surface area contributed by atoms with Crippen LogP contribution in [-0.2, 0) is 15.6 Å². The van der Waals surface area contributed by atoms with E-state index in [1.165, 1.54) is 38.5 Å². The summed E-state index contributed by atoms with van der Waals surface area (Å²) in [5, 5.41) is 2.66. The fourth-order valence-corrected chi connectivity index (χ4v) is 4.95. The third kappa shape index (κ3) is 8.95. The quantitative estimate of drug-likeness (QED) is 0.399. The second-order valence-electron chi connectivity index (χ2n) is 7.55. The molecule has 0 aliphatic rings. The zero-order valence-corrected chi connectivity index (χ0v) is 18.5. The summed E-state index contributed by atoms with van der Waals surface area (Å²) in [6.07, 6.45) is 9.92. The van der Waals surface area contributed by atoms with Gasteiger partial charge in [-0.1, -0.05) is 113 Å². The van der Waals surface area contributed by atoms with Crippen molar-refractivity contribution in [1.29, 1.82) is 0 Å². The monoisotopic (exact) mass is 413 g/mol. The van der Waals surface area contributed by atoms with Crippen molar-refractivity contribution < 1.29 is 9.00 Å². The van der Waals surface area contributed by atoms with Crippen molar-refractivity contribution in [3.8, 4) is 0 Å². The van der Waals surface area contributed by atoms with Gasteiger partial charge in [0.1, 0.15) is 5.75 Å². The van der Waals surface area contributed by atoms with Crippen molar-refractivity contribution in [2.24, 2.45) is 0 Å². The van der Waals surface area contributed by atoms with Gasteiger partial charge < -0.3 is 5.32 Å². The Morgan fingerprint density at radius 2 is 1.28 bits per heavy atom.